The van der Waals surface area contributed by atoms with Gasteiger partial charge >= 0.3 is 0 Å². The Kier molecular flexibility index (Phi) is 4.47. The second-order valence-corrected chi connectivity index (χ2v) is 6.14. The molecule has 2 aromatic heterocycles. The summed E-state index contributed by atoms with van der Waals surface area (Å²) < 4.78 is 9.24. The first-order chi connectivity index (χ1) is 11.0. The van der Waals surface area contributed by atoms with Crippen molar-refractivity contribution in [2.75, 3.05) is 11.9 Å². The summed E-state index contributed by atoms with van der Waals surface area (Å²) in [6, 6.07) is 0. The summed E-state index contributed by atoms with van der Waals surface area (Å²) >= 11 is 0. The van der Waals surface area contributed by atoms with Gasteiger partial charge in [-0.2, -0.15) is 5.10 Å². The molecule has 0 spiro atoms. The zero-order valence-electron chi connectivity index (χ0n) is 13.9. The van der Waals surface area contributed by atoms with Gasteiger partial charge < -0.3 is 14.6 Å². The predicted octanol–water partition coefficient (Wildman–Crippen LogP) is 1.98. The summed E-state index contributed by atoms with van der Waals surface area (Å²) in [6.45, 7) is 4.75. The Morgan fingerprint density at radius 2 is 2.26 bits per heavy atom. The number of amides is 1. The Bertz CT molecular complexity index is 701. The van der Waals surface area contributed by atoms with Crippen molar-refractivity contribution in [1.29, 1.82) is 0 Å². The van der Waals surface area contributed by atoms with Crippen molar-refractivity contribution in [3.05, 3.63) is 18.2 Å². The minimum atomic E-state index is -0.155. The maximum Gasteiger partial charge on any atom is 0.251 e. The zero-order valence-corrected chi connectivity index (χ0v) is 13.9. The van der Waals surface area contributed by atoms with Gasteiger partial charge in [-0.15, -0.1) is 0 Å². The van der Waals surface area contributed by atoms with Crippen LogP contribution >= 0.6 is 0 Å². The molecule has 0 saturated carbocycles. The van der Waals surface area contributed by atoms with Crippen molar-refractivity contribution >= 4 is 11.7 Å². The van der Waals surface area contributed by atoms with Crippen LogP contribution in [0.15, 0.2) is 12.4 Å². The first-order valence-electron chi connectivity index (χ1n) is 8.04. The molecule has 1 amide bonds. The van der Waals surface area contributed by atoms with Crippen LogP contribution in [-0.2, 0) is 29.5 Å². The third-order valence-electron chi connectivity index (χ3n) is 3.86. The summed E-state index contributed by atoms with van der Waals surface area (Å²) in [6.07, 6.45) is 6.88. The fourth-order valence-electron chi connectivity index (χ4n) is 2.77. The van der Waals surface area contributed by atoms with E-state index in [2.05, 4.69) is 15.0 Å². The number of rotatable bonds is 5. The fraction of sp³-hybridized carbons (Fsp3) is 0.562. The number of aryl methyl sites for hydroxylation is 2. The molecule has 1 aliphatic rings. The number of nitrogens with one attached hydrogen (secondary N) is 1. The van der Waals surface area contributed by atoms with E-state index in [0.717, 1.165) is 48.7 Å². The lowest BCUT2D eigenvalue weighted by Crippen LogP contribution is -2.23. The fourth-order valence-corrected chi connectivity index (χ4v) is 2.77. The van der Waals surface area contributed by atoms with Crippen LogP contribution in [0.2, 0.25) is 0 Å². The number of carbonyl (C=O) groups excluding carboxylic acids is 1. The van der Waals surface area contributed by atoms with Gasteiger partial charge in [-0.3, -0.25) is 9.48 Å². The third kappa shape index (κ3) is 3.44. The minimum Gasteiger partial charge on any atom is -0.369 e. The Labute approximate surface area is 135 Å². The number of anilines is 1. The van der Waals surface area contributed by atoms with E-state index in [0.29, 0.717) is 0 Å². The molecule has 3 heterocycles. The number of imidazole rings is 1. The van der Waals surface area contributed by atoms with E-state index >= 15 is 0 Å². The number of ether oxygens (including phenoxy) is 1. The average molecular weight is 317 g/mol. The van der Waals surface area contributed by atoms with Gasteiger partial charge in [0, 0.05) is 31.8 Å². The molecule has 1 aliphatic heterocycles. The van der Waals surface area contributed by atoms with E-state index in [-0.39, 0.29) is 18.6 Å². The van der Waals surface area contributed by atoms with Gasteiger partial charge in [-0.25, -0.2) is 4.98 Å². The topological polar surface area (TPSA) is 74.0 Å². The van der Waals surface area contributed by atoms with Gasteiger partial charge in [0.2, 0.25) is 0 Å². The number of aromatic nitrogens is 4. The van der Waals surface area contributed by atoms with Gasteiger partial charge in [0.25, 0.3) is 5.91 Å². The van der Waals surface area contributed by atoms with E-state index in [9.17, 15) is 4.79 Å². The second-order valence-electron chi connectivity index (χ2n) is 6.14. The van der Waals surface area contributed by atoms with Crippen molar-refractivity contribution in [3.8, 4) is 11.3 Å². The summed E-state index contributed by atoms with van der Waals surface area (Å²) in [5.41, 5.74) is 1.70. The van der Waals surface area contributed by atoms with Crippen LogP contribution in [0, 0.1) is 0 Å². The van der Waals surface area contributed by atoms with Crippen LogP contribution in [0.1, 0.15) is 32.5 Å². The van der Waals surface area contributed by atoms with Gasteiger partial charge in [0.15, 0.2) is 0 Å². The molecule has 0 radical (unpaired) electrons. The first-order valence-corrected chi connectivity index (χ1v) is 8.04. The van der Waals surface area contributed by atoms with Crippen LogP contribution in [-0.4, -0.2) is 37.9 Å². The molecule has 3 rings (SSSR count). The van der Waals surface area contributed by atoms with E-state index < -0.39 is 0 Å². The normalized spacial score (nSPS) is 14.1. The number of hydrogen-bond acceptors (Lipinski definition) is 4. The molecule has 7 heteroatoms. The van der Waals surface area contributed by atoms with Crippen LogP contribution < -0.4 is 5.32 Å². The maximum absolute atomic E-state index is 12.2. The predicted molar refractivity (Wildman–Crippen MR) is 87.1 cm³/mol. The van der Waals surface area contributed by atoms with E-state index in [1.165, 1.54) is 0 Å². The summed E-state index contributed by atoms with van der Waals surface area (Å²) in [5, 5.41) is 7.19. The standard InChI is InChI=1S/C16H23N5O2/c1-11(2)23-10-14(22)19-16-15(12-8-17-20(3)9-12)18-13-6-4-5-7-21(13)16/h8-9,11H,4-7,10H2,1-3H3,(H,19,22). The molecule has 0 saturated heterocycles. The van der Waals surface area contributed by atoms with Gasteiger partial charge in [-0.1, -0.05) is 0 Å². The highest BCUT2D eigenvalue weighted by atomic mass is 16.5. The summed E-state index contributed by atoms with van der Waals surface area (Å²) in [7, 11) is 1.87. The average Bonchev–Trinajstić information content (AvgIpc) is 3.09. The van der Waals surface area contributed by atoms with Crippen molar-refractivity contribution < 1.29 is 9.53 Å². The summed E-state index contributed by atoms with van der Waals surface area (Å²) in [4.78, 5) is 16.9. The van der Waals surface area contributed by atoms with Gasteiger partial charge in [0.05, 0.1) is 12.3 Å². The van der Waals surface area contributed by atoms with Crippen LogP contribution in [0.3, 0.4) is 0 Å². The van der Waals surface area contributed by atoms with Crippen LogP contribution in [0.4, 0.5) is 5.82 Å². The minimum absolute atomic E-state index is 0.0258. The number of carbonyl (C=O) groups is 1. The monoisotopic (exact) mass is 317 g/mol. The second kappa shape index (κ2) is 6.54. The highest BCUT2D eigenvalue weighted by Gasteiger charge is 2.23. The third-order valence-corrected chi connectivity index (χ3v) is 3.86. The highest BCUT2D eigenvalue weighted by molar-refractivity contribution is 5.94. The molecule has 0 aromatic carbocycles. The Morgan fingerprint density at radius 3 is 2.96 bits per heavy atom. The Balaban J connectivity index is 1.90. The quantitative estimate of drug-likeness (QED) is 0.915. The lowest BCUT2D eigenvalue weighted by molar-refractivity contribution is -0.122. The molecule has 0 fully saturated rings. The van der Waals surface area contributed by atoms with E-state index in [4.69, 9.17) is 9.72 Å². The van der Waals surface area contributed by atoms with Crippen molar-refractivity contribution in [2.45, 2.75) is 45.8 Å². The maximum atomic E-state index is 12.2. The van der Waals surface area contributed by atoms with Crippen molar-refractivity contribution in [2.24, 2.45) is 7.05 Å². The molecule has 23 heavy (non-hydrogen) atoms. The molecular weight excluding hydrogens is 294 g/mol. The lowest BCUT2D eigenvalue weighted by Gasteiger charge is -2.17. The van der Waals surface area contributed by atoms with Crippen LogP contribution in [0.5, 0.6) is 0 Å². The molecule has 0 unspecified atom stereocenters. The Hall–Kier alpha value is -2.15. The van der Waals surface area contributed by atoms with Gasteiger partial charge in [-0.05, 0) is 26.7 Å². The molecule has 7 nitrogen and oxygen atoms in total. The molecule has 0 atom stereocenters. The van der Waals surface area contributed by atoms with Crippen molar-refractivity contribution in [3.63, 3.8) is 0 Å². The van der Waals surface area contributed by atoms with Gasteiger partial charge in [0.1, 0.15) is 23.9 Å². The molecule has 124 valence electrons. The zero-order chi connectivity index (χ0) is 16.4. The lowest BCUT2D eigenvalue weighted by atomic mass is 10.2. The van der Waals surface area contributed by atoms with Crippen molar-refractivity contribution in [1.82, 2.24) is 19.3 Å². The molecular formula is C16H23N5O2. The number of nitrogens with zero attached hydrogens (tertiary/aromatic N) is 4. The van der Waals surface area contributed by atoms with E-state index in [1.807, 2.05) is 27.1 Å². The molecule has 2 aromatic rings. The molecule has 0 aliphatic carbocycles. The molecule has 0 bridgehead atoms. The largest absolute Gasteiger partial charge is 0.369 e. The highest BCUT2D eigenvalue weighted by Crippen LogP contribution is 2.31. The van der Waals surface area contributed by atoms with E-state index in [1.54, 1.807) is 10.9 Å². The molecule has 1 N–H and O–H groups in total. The van der Waals surface area contributed by atoms with Crippen LogP contribution in [0.25, 0.3) is 11.3 Å². The number of fused-ring (bicyclic) bond motifs is 1. The SMILES string of the molecule is CC(C)OCC(=O)Nc1c(-c2cnn(C)c2)nc2n1CCCC2. The Morgan fingerprint density at radius 1 is 1.43 bits per heavy atom. The smallest absolute Gasteiger partial charge is 0.251 e. The number of hydrogen-bond donors (Lipinski definition) is 1. The summed E-state index contributed by atoms with van der Waals surface area (Å²) in [5.74, 6) is 1.62. The first kappa shape index (κ1) is 15.7.